The maximum absolute atomic E-state index is 10.0. The number of nitrogens with one attached hydrogen (secondary N) is 1. The number of hydrogen-bond acceptors (Lipinski definition) is 3. The number of ether oxygens (including phenoxy) is 1. The van der Waals surface area contributed by atoms with Crippen molar-refractivity contribution in [3.05, 3.63) is 28.8 Å². The molecule has 0 aliphatic heterocycles. The summed E-state index contributed by atoms with van der Waals surface area (Å²) in [5.74, 6) is 0.752. The van der Waals surface area contributed by atoms with Crippen molar-refractivity contribution >= 4 is 11.6 Å². The van der Waals surface area contributed by atoms with E-state index in [-0.39, 0.29) is 0 Å². The zero-order valence-corrected chi connectivity index (χ0v) is 10.7. The van der Waals surface area contributed by atoms with Gasteiger partial charge in [-0.2, -0.15) is 0 Å². The van der Waals surface area contributed by atoms with Crippen molar-refractivity contribution in [2.24, 2.45) is 0 Å². The average molecular weight is 256 g/mol. The van der Waals surface area contributed by atoms with Gasteiger partial charge in [0.05, 0.1) is 12.2 Å². The first-order valence-electron chi connectivity index (χ1n) is 5.99. The molecule has 0 saturated heterocycles. The van der Waals surface area contributed by atoms with Gasteiger partial charge in [-0.25, -0.2) is 0 Å². The van der Waals surface area contributed by atoms with Crippen LogP contribution in [-0.4, -0.2) is 24.8 Å². The average Bonchev–Trinajstić information content (AvgIpc) is 2.25. The highest BCUT2D eigenvalue weighted by Gasteiger charge is 2.22. The van der Waals surface area contributed by atoms with Crippen molar-refractivity contribution < 1.29 is 9.84 Å². The summed E-state index contributed by atoms with van der Waals surface area (Å²) in [6, 6.07) is 5.41. The summed E-state index contributed by atoms with van der Waals surface area (Å²) in [5.41, 5.74) is 0.763. The van der Waals surface area contributed by atoms with Crippen LogP contribution >= 0.6 is 11.6 Å². The van der Waals surface area contributed by atoms with E-state index in [1.165, 1.54) is 6.42 Å². The van der Waals surface area contributed by atoms with E-state index in [1.807, 2.05) is 6.07 Å². The Bertz CT molecular complexity index is 380. The highest BCUT2D eigenvalue weighted by Crippen LogP contribution is 2.32. The molecular weight excluding hydrogens is 238 g/mol. The Hall–Kier alpha value is -0.770. The molecule has 0 radical (unpaired) electrons. The first kappa shape index (κ1) is 12.7. The molecule has 1 aliphatic carbocycles. The van der Waals surface area contributed by atoms with E-state index in [0.29, 0.717) is 17.7 Å². The normalized spacial score (nSPS) is 17.6. The Kier molecular flexibility index (Phi) is 4.26. The van der Waals surface area contributed by atoms with E-state index in [9.17, 15) is 5.11 Å². The summed E-state index contributed by atoms with van der Waals surface area (Å²) in [7, 11) is 1.81. The monoisotopic (exact) mass is 255 g/mol. The number of aliphatic hydroxyl groups excluding tert-OH is 1. The van der Waals surface area contributed by atoms with Gasteiger partial charge in [-0.3, -0.25) is 0 Å². The zero-order valence-electron chi connectivity index (χ0n) is 9.95. The van der Waals surface area contributed by atoms with Crippen molar-refractivity contribution in [1.82, 2.24) is 5.32 Å². The molecule has 1 unspecified atom stereocenters. The van der Waals surface area contributed by atoms with E-state index in [4.69, 9.17) is 16.3 Å². The van der Waals surface area contributed by atoms with E-state index < -0.39 is 6.10 Å². The maximum atomic E-state index is 10.0. The molecule has 3 nitrogen and oxygen atoms in total. The first-order valence-corrected chi connectivity index (χ1v) is 6.37. The fraction of sp³-hybridized carbons (Fsp3) is 0.538. The van der Waals surface area contributed by atoms with Gasteiger partial charge in [-0.05, 0) is 44.5 Å². The Morgan fingerprint density at radius 3 is 2.88 bits per heavy atom. The standard InChI is InChI=1S/C13H18ClNO2/c1-15-8-12(16)11-7-9(14)5-6-13(11)17-10-3-2-4-10/h5-7,10,12,15-16H,2-4,8H2,1H3. The molecule has 1 aromatic carbocycles. The number of halogens is 1. The number of aliphatic hydroxyl groups is 1. The summed E-state index contributed by atoms with van der Waals surface area (Å²) in [4.78, 5) is 0. The smallest absolute Gasteiger partial charge is 0.125 e. The van der Waals surface area contributed by atoms with Gasteiger partial charge < -0.3 is 15.2 Å². The molecule has 2 rings (SSSR count). The van der Waals surface area contributed by atoms with Crippen molar-refractivity contribution in [2.45, 2.75) is 31.5 Å². The van der Waals surface area contributed by atoms with Gasteiger partial charge in [-0.15, -0.1) is 0 Å². The minimum atomic E-state index is -0.589. The maximum Gasteiger partial charge on any atom is 0.125 e. The molecule has 0 heterocycles. The Morgan fingerprint density at radius 2 is 2.29 bits per heavy atom. The third-order valence-corrected chi connectivity index (χ3v) is 3.31. The molecule has 1 fully saturated rings. The van der Waals surface area contributed by atoms with E-state index in [1.54, 1.807) is 19.2 Å². The van der Waals surface area contributed by atoms with Crippen molar-refractivity contribution in [1.29, 1.82) is 0 Å². The Labute approximate surface area is 107 Å². The Balaban J connectivity index is 2.16. The second-order valence-corrected chi connectivity index (χ2v) is 4.86. The molecule has 2 N–H and O–H groups in total. The molecular formula is C13H18ClNO2. The van der Waals surface area contributed by atoms with E-state index in [2.05, 4.69) is 5.32 Å². The molecule has 1 aromatic rings. The van der Waals surface area contributed by atoms with Crippen molar-refractivity contribution in [3.8, 4) is 5.75 Å². The lowest BCUT2D eigenvalue weighted by atomic mass is 9.96. The molecule has 0 spiro atoms. The molecule has 0 amide bonds. The van der Waals surface area contributed by atoms with Gasteiger partial charge in [0.25, 0.3) is 0 Å². The predicted octanol–water partition coefficient (Wildman–Crippen LogP) is 2.52. The molecule has 4 heteroatoms. The van der Waals surface area contributed by atoms with Gasteiger partial charge in [0.2, 0.25) is 0 Å². The van der Waals surface area contributed by atoms with Gasteiger partial charge in [0, 0.05) is 17.1 Å². The molecule has 0 aromatic heterocycles. The van der Waals surface area contributed by atoms with Crippen LogP contribution in [0.1, 0.15) is 30.9 Å². The van der Waals surface area contributed by atoms with Gasteiger partial charge in [0.15, 0.2) is 0 Å². The third-order valence-electron chi connectivity index (χ3n) is 3.07. The topological polar surface area (TPSA) is 41.5 Å². The fourth-order valence-electron chi connectivity index (χ4n) is 1.86. The lowest BCUT2D eigenvalue weighted by Gasteiger charge is -2.28. The van der Waals surface area contributed by atoms with E-state index >= 15 is 0 Å². The zero-order chi connectivity index (χ0) is 12.3. The highest BCUT2D eigenvalue weighted by atomic mass is 35.5. The van der Waals surface area contributed by atoms with Gasteiger partial charge in [0.1, 0.15) is 5.75 Å². The second kappa shape index (κ2) is 5.71. The molecule has 17 heavy (non-hydrogen) atoms. The number of hydrogen-bond donors (Lipinski definition) is 2. The van der Waals surface area contributed by atoms with Crippen molar-refractivity contribution in [3.63, 3.8) is 0 Å². The third kappa shape index (κ3) is 3.12. The highest BCUT2D eigenvalue weighted by molar-refractivity contribution is 6.30. The van der Waals surface area contributed by atoms with E-state index in [0.717, 1.165) is 24.2 Å². The predicted molar refractivity (Wildman–Crippen MR) is 68.6 cm³/mol. The van der Waals surface area contributed by atoms with Crippen LogP contribution in [0, 0.1) is 0 Å². The largest absolute Gasteiger partial charge is 0.490 e. The lowest BCUT2D eigenvalue weighted by molar-refractivity contribution is 0.110. The van der Waals surface area contributed by atoms with Gasteiger partial charge in [-0.1, -0.05) is 11.6 Å². The second-order valence-electron chi connectivity index (χ2n) is 4.43. The summed E-state index contributed by atoms with van der Waals surface area (Å²) < 4.78 is 5.86. The minimum Gasteiger partial charge on any atom is -0.490 e. The molecule has 94 valence electrons. The lowest BCUT2D eigenvalue weighted by Crippen LogP contribution is -2.26. The van der Waals surface area contributed by atoms with Crippen LogP contribution in [0.4, 0.5) is 0 Å². The SMILES string of the molecule is CNCC(O)c1cc(Cl)ccc1OC1CCC1. The molecule has 1 atom stereocenters. The molecule has 1 saturated carbocycles. The van der Waals surface area contributed by atoms with Crippen LogP contribution < -0.4 is 10.1 Å². The Morgan fingerprint density at radius 1 is 1.53 bits per heavy atom. The molecule has 1 aliphatic rings. The van der Waals surface area contributed by atoms with Crippen LogP contribution in [0.3, 0.4) is 0 Å². The molecule has 0 bridgehead atoms. The van der Waals surface area contributed by atoms with Crippen LogP contribution in [0.5, 0.6) is 5.75 Å². The summed E-state index contributed by atoms with van der Waals surface area (Å²) in [5, 5.41) is 13.6. The number of benzene rings is 1. The van der Waals surface area contributed by atoms with Crippen molar-refractivity contribution in [2.75, 3.05) is 13.6 Å². The number of rotatable bonds is 5. The summed E-state index contributed by atoms with van der Waals surface area (Å²) >= 11 is 5.96. The number of likely N-dealkylation sites (N-methyl/N-ethyl adjacent to an activating group) is 1. The van der Waals surface area contributed by atoms with Crippen LogP contribution in [0.15, 0.2) is 18.2 Å². The quantitative estimate of drug-likeness (QED) is 0.850. The van der Waals surface area contributed by atoms with Crippen LogP contribution in [-0.2, 0) is 0 Å². The first-order chi connectivity index (χ1) is 8.20. The fourth-order valence-corrected chi connectivity index (χ4v) is 2.04. The van der Waals surface area contributed by atoms with Crippen LogP contribution in [0.25, 0.3) is 0 Å². The summed E-state index contributed by atoms with van der Waals surface area (Å²) in [6.07, 6.45) is 3.14. The van der Waals surface area contributed by atoms with Gasteiger partial charge >= 0.3 is 0 Å². The summed E-state index contributed by atoms with van der Waals surface area (Å²) in [6.45, 7) is 0.487. The minimum absolute atomic E-state index is 0.303. The van der Waals surface area contributed by atoms with Crippen LogP contribution in [0.2, 0.25) is 5.02 Å².